The molecule has 2 aliphatic rings. The third-order valence-corrected chi connectivity index (χ3v) is 6.25. The Labute approximate surface area is 193 Å². The minimum absolute atomic E-state index is 0.0372. The fourth-order valence-electron chi connectivity index (χ4n) is 4.31. The van der Waals surface area contributed by atoms with Crippen LogP contribution in [-0.2, 0) is 6.54 Å². The molecule has 0 radical (unpaired) electrons. The molecule has 0 unspecified atom stereocenters. The lowest BCUT2D eigenvalue weighted by atomic mass is 10.1. The van der Waals surface area contributed by atoms with E-state index in [1.54, 1.807) is 12.4 Å². The van der Waals surface area contributed by atoms with Crippen LogP contribution >= 0.6 is 0 Å². The SMILES string of the molecule is C[C@H]1CCCn2cnnc2-c2cccc(n2)NC(=O)c2cc(N3CCN(C)CC3)ccc2O1. The fraction of sp³-hybridized carbons (Fsp3) is 0.417. The van der Waals surface area contributed by atoms with Crippen LogP contribution in [0, 0.1) is 0 Å². The van der Waals surface area contributed by atoms with Crippen LogP contribution in [0.4, 0.5) is 11.5 Å². The highest BCUT2D eigenvalue weighted by Gasteiger charge is 2.21. The van der Waals surface area contributed by atoms with Crippen LogP contribution in [0.2, 0.25) is 0 Å². The number of anilines is 2. The maximum Gasteiger partial charge on any atom is 0.260 e. The quantitative estimate of drug-likeness (QED) is 0.614. The van der Waals surface area contributed by atoms with Gasteiger partial charge < -0.3 is 24.4 Å². The lowest BCUT2D eigenvalue weighted by Crippen LogP contribution is -2.44. The summed E-state index contributed by atoms with van der Waals surface area (Å²) in [5.41, 5.74) is 2.23. The van der Waals surface area contributed by atoms with Crippen LogP contribution in [0.15, 0.2) is 42.7 Å². The number of benzene rings is 1. The van der Waals surface area contributed by atoms with Crippen molar-refractivity contribution in [3.8, 4) is 17.3 Å². The van der Waals surface area contributed by atoms with Gasteiger partial charge >= 0.3 is 0 Å². The smallest absolute Gasteiger partial charge is 0.260 e. The first-order valence-electron chi connectivity index (χ1n) is 11.5. The Morgan fingerprint density at radius 3 is 2.79 bits per heavy atom. The Kier molecular flexibility index (Phi) is 5.95. The first-order valence-corrected chi connectivity index (χ1v) is 11.5. The van der Waals surface area contributed by atoms with Gasteiger partial charge in [-0.05, 0) is 57.1 Å². The molecule has 4 heterocycles. The molecule has 1 amide bonds. The van der Waals surface area contributed by atoms with Crippen LogP contribution in [0.3, 0.4) is 0 Å². The summed E-state index contributed by atoms with van der Waals surface area (Å²) in [5.74, 6) is 1.51. The third kappa shape index (κ3) is 4.68. The Bertz CT molecular complexity index is 1140. The van der Waals surface area contributed by atoms with E-state index in [4.69, 9.17) is 4.74 Å². The molecule has 33 heavy (non-hydrogen) atoms. The average molecular weight is 448 g/mol. The van der Waals surface area contributed by atoms with E-state index in [2.05, 4.69) is 43.4 Å². The largest absolute Gasteiger partial charge is 0.490 e. The number of ether oxygens (including phenoxy) is 1. The van der Waals surface area contributed by atoms with Crippen molar-refractivity contribution >= 4 is 17.4 Å². The van der Waals surface area contributed by atoms with Crippen molar-refractivity contribution in [1.82, 2.24) is 24.6 Å². The van der Waals surface area contributed by atoms with Crippen LogP contribution in [0.1, 0.15) is 30.1 Å². The second-order valence-corrected chi connectivity index (χ2v) is 8.75. The van der Waals surface area contributed by atoms with E-state index >= 15 is 0 Å². The number of hydrogen-bond acceptors (Lipinski definition) is 7. The molecule has 0 saturated carbocycles. The van der Waals surface area contributed by atoms with E-state index in [0.717, 1.165) is 51.3 Å². The number of amides is 1. The summed E-state index contributed by atoms with van der Waals surface area (Å²) in [6.07, 6.45) is 3.42. The fourth-order valence-corrected chi connectivity index (χ4v) is 4.31. The molecule has 3 aromatic rings. The number of nitrogens with one attached hydrogen (secondary N) is 1. The van der Waals surface area contributed by atoms with Crippen molar-refractivity contribution in [2.45, 2.75) is 32.4 Å². The zero-order valence-corrected chi connectivity index (χ0v) is 19.1. The van der Waals surface area contributed by atoms with E-state index < -0.39 is 0 Å². The molecule has 1 saturated heterocycles. The van der Waals surface area contributed by atoms with Crippen LogP contribution in [0.5, 0.6) is 5.75 Å². The number of likely N-dealkylation sites (N-methyl/N-ethyl adjacent to an activating group) is 1. The van der Waals surface area contributed by atoms with Gasteiger partial charge in [-0.2, -0.15) is 0 Å². The summed E-state index contributed by atoms with van der Waals surface area (Å²) in [7, 11) is 2.13. The predicted octanol–water partition coefficient (Wildman–Crippen LogP) is 2.91. The van der Waals surface area contributed by atoms with Gasteiger partial charge in [0.05, 0.1) is 11.7 Å². The van der Waals surface area contributed by atoms with Gasteiger partial charge in [0.2, 0.25) is 0 Å². The molecule has 1 atom stereocenters. The average Bonchev–Trinajstić information content (AvgIpc) is 3.28. The zero-order chi connectivity index (χ0) is 22.8. The first kappa shape index (κ1) is 21.4. The number of nitrogens with zero attached hydrogens (tertiary/aromatic N) is 6. The van der Waals surface area contributed by atoms with Gasteiger partial charge in [-0.3, -0.25) is 4.79 Å². The molecular formula is C24H29N7O2. The Morgan fingerprint density at radius 2 is 1.94 bits per heavy atom. The van der Waals surface area contributed by atoms with Crippen molar-refractivity contribution in [2.75, 3.05) is 43.4 Å². The van der Waals surface area contributed by atoms with Crippen LogP contribution in [-0.4, -0.2) is 69.9 Å². The van der Waals surface area contributed by atoms with Gasteiger partial charge in [0.1, 0.15) is 23.6 Å². The highest BCUT2D eigenvalue weighted by atomic mass is 16.5. The van der Waals surface area contributed by atoms with Crippen molar-refractivity contribution in [3.63, 3.8) is 0 Å². The molecule has 9 heteroatoms. The zero-order valence-electron chi connectivity index (χ0n) is 19.1. The highest BCUT2D eigenvalue weighted by molar-refractivity contribution is 6.06. The molecule has 2 aliphatic heterocycles. The Balaban J connectivity index is 1.50. The van der Waals surface area contributed by atoms with E-state index in [-0.39, 0.29) is 12.0 Å². The van der Waals surface area contributed by atoms with Gasteiger partial charge in [-0.25, -0.2) is 4.98 Å². The second kappa shape index (κ2) is 9.19. The topological polar surface area (TPSA) is 88.4 Å². The van der Waals surface area contributed by atoms with E-state index in [1.807, 2.05) is 35.8 Å². The van der Waals surface area contributed by atoms with E-state index in [0.29, 0.717) is 28.6 Å². The van der Waals surface area contributed by atoms with Crippen molar-refractivity contribution in [3.05, 3.63) is 48.3 Å². The number of hydrogen-bond donors (Lipinski definition) is 1. The maximum atomic E-state index is 13.4. The highest BCUT2D eigenvalue weighted by Crippen LogP contribution is 2.29. The molecule has 1 fully saturated rings. The van der Waals surface area contributed by atoms with Crippen molar-refractivity contribution in [2.24, 2.45) is 0 Å². The van der Waals surface area contributed by atoms with E-state index in [9.17, 15) is 4.79 Å². The first-order chi connectivity index (χ1) is 16.1. The number of rotatable bonds is 1. The van der Waals surface area contributed by atoms with Crippen LogP contribution < -0.4 is 15.0 Å². The number of carbonyl (C=O) groups excluding carboxylic acids is 1. The van der Waals surface area contributed by atoms with E-state index in [1.165, 1.54) is 0 Å². The Morgan fingerprint density at radius 1 is 1.09 bits per heavy atom. The number of carbonyl (C=O) groups is 1. The van der Waals surface area contributed by atoms with Crippen LogP contribution in [0.25, 0.3) is 11.5 Å². The van der Waals surface area contributed by atoms with Crippen molar-refractivity contribution < 1.29 is 9.53 Å². The predicted molar refractivity (Wildman–Crippen MR) is 127 cm³/mol. The normalized spacial score (nSPS) is 19.6. The van der Waals surface area contributed by atoms with Gasteiger partial charge in [0.15, 0.2) is 5.82 Å². The summed E-state index contributed by atoms with van der Waals surface area (Å²) in [6, 6.07) is 11.4. The van der Waals surface area contributed by atoms with Gasteiger partial charge in [0.25, 0.3) is 5.91 Å². The molecule has 0 spiro atoms. The Hall–Kier alpha value is -3.46. The molecular weight excluding hydrogens is 418 g/mol. The number of aryl methyl sites for hydroxylation is 1. The standard InChI is InChI=1S/C24H29N7O2/c1-17-5-4-10-31-16-25-28-23(31)20-6-3-7-22(26-20)27-24(32)19-15-18(8-9-21(19)33-17)30-13-11-29(2)12-14-30/h3,6-9,15-17H,4-5,10-14H2,1-2H3,(H,26,27,32)/t17-/m0/s1. The molecule has 2 bridgehead atoms. The monoisotopic (exact) mass is 447 g/mol. The summed E-state index contributed by atoms with van der Waals surface area (Å²) in [6.45, 7) is 6.66. The number of piperazine rings is 1. The molecule has 9 nitrogen and oxygen atoms in total. The third-order valence-electron chi connectivity index (χ3n) is 6.25. The molecule has 172 valence electrons. The molecule has 1 aromatic carbocycles. The van der Waals surface area contributed by atoms with Gasteiger partial charge in [-0.15, -0.1) is 10.2 Å². The number of fused-ring (bicyclic) bond motifs is 5. The van der Waals surface area contributed by atoms with Gasteiger partial charge in [-0.1, -0.05) is 6.07 Å². The molecule has 2 aromatic heterocycles. The molecule has 5 rings (SSSR count). The van der Waals surface area contributed by atoms with Gasteiger partial charge in [0, 0.05) is 38.4 Å². The summed E-state index contributed by atoms with van der Waals surface area (Å²) in [5, 5.41) is 11.3. The lowest BCUT2D eigenvalue weighted by molar-refractivity contribution is 0.101. The molecule has 1 N–H and O–H groups in total. The molecule has 0 aliphatic carbocycles. The second-order valence-electron chi connectivity index (χ2n) is 8.75. The summed E-state index contributed by atoms with van der Waals surface area (Å²) < 4.78 is 8.24. The van der Waals surface area contributed by atoms with Crippen molar-refractivity contribution in [1.29, 1.82) is 0 Å². The maximum absolute atomic E-state index is 13.4. The minimum Gasteiger partial charge on any atom is -0.490 e. The summed E-state index contributed by atoms with van der Waals surface area (Å²) in [4.78, 5) is 22.6. The summed E-state index contributed by atoms with van der Waals surface area (Å²) >= 11 is 0. The number of aromatic nitrogens is 4. The minimum atomic E-state index is -0.239. The number of pyridine rings is 1. The lowest BCUT2D eigenvalue weighted by Gasteiger charge is -2.34.